The molecule has 0 aromatic heterocycles. The van der Waals surface area contributed by atoms with Crippen LogP contribution in [-0.4, -0.2) is 31.3 Å². The molecule has 126 valence electrons. The second kappa shape index (κ2) is 4.23. The van der Waals surface area contributed by atoms with Crippen molar-refractivity contribution in [2.45, 2.75) is 24.9 Å². The maximum absolute atomic E-state index is 10.1. The first-order valence-corrected chi connectivity index (χ1v) is 7.99. The summed E-state index contributed by atoms with van der Waals surface area (Å²) in [5, 5.41) is 20.1. The van der Waals surface area contributed by atoms with Gasteiger partial charge in [0.25, 0.3) is 5.84 Å². The van der Waals surface area contributed by atoms with E-state index in [1.54, 1.807) is 12.1 Å². The van der Waals surface area contributed by atoms with E-state index in [9.17, 15) is 10.5 Å². The molecule has 25 heavy (non-hydrogen) atoms. The van der Waals surface area contributed by atoms with E-state index < -0.39 is 22.7 Å². The average molecular weight is 339 g/mol. The maximum Gasteiger partial charge on any atom is 0.343 e. The van der Waals surface area contributed by atoms with Crippen LogP contribution in [0.15, 0.2) is 18.2 Å². The minimum Gasteiger partial charge on any atom is -0.454 e. The molecule has 0 unspecified atom stereocenters. The molecule has 1 aliphatic carbocycles. The fourth-order valence-electron chi connectivity index (χ4n) is 4.56. The number of nitrogens with two attached hydrogens (primary N) is 1. The van der Waals surface area contributed by atoms with Crippen LogP contribution in [0, 0.1) is 33.5 Å². The molecular formula is C17H15N4O4+. The standard InChI is InChI=1S/C17H14N4O4/c1-9-5-24-17(25-9)16(7-19)13(15(16,6-18)14(20)21-17)10-2-3-11-12(4-10)23-8-22-11/h2-4,9,13H,5,8H2,1H3,(H2,20,21)/p+1/t9-,13-,15-,16-,17+/m1/s1. The third-order valence-electron chi connectivity index (χ3n) is 5.62. The Kier molecular flexibility index (Phi) is 2.46. The van der Waals surface area contributed by atoms with Crippen LogP contribution in [-0.2, 0) is 9.47 Å². The number of nitrogens with zero attached hydrogens (tertiary/aromatic N) is 2. The summed E-state index contributed by atoms with van der Waals surface area (Å²) < 4.78 is 22.5. The summed E-state index contributed by atoms with van der Waals surface area (Å²) in [7, 11) is 0. The van der Waals surface area contributed by atoms with E-state index in [-0.39, 0.29) is 18.7 Å². The predicted octanol–water partition coefficient (Wildman–Crippen LogP) is -0.927. The molecule has 2 fully saturated rings. The molecule has 1 aromatic rings. The first-order valence-electron chi connectivity index (χ1n) is 7.99. The van der Waals surface area contributed by atoms with Gasteiger partial charge >= 0.3 is 5.91 Å². The summed E-state index contributed by atoms with van der Waals surface area (Å²) in [6.45, 7) is 2.32. The minimum atomic E-state index is -1.41. The highest BCUT2D eigenvalue weighted by Gasteiger charge is 2.97. The van der Waals surface area contributed by atoms with Crippen molar-refractivity contribution in [3.05, 3.63) is 23.8 Å². The van der Waals surface area contributed by atoms with Gasteiger partial charge in [-0.2, -0.15) is 10.5 Å². The summed E-state index contributed by atoms with van der Waals surface area (Å²) in [6, 6.07) is 9.95. The second-order valence-electron chi connectivity index (χ2n) is 6.78. The Hall–Kier alpha value is -2.81. The lowest BCUT2D eigenvalue weighted by Gasteiger charge is -2.24. The van der Waals surface area contributed by atoms with Crippen LogP contribution < -0.4 is 20.2 Å². The van der Waals surface area contributed by atoms with E-state index in [1.807, 2.05) is 13.0 Å². The first kappa shape index (κ1) is 14.5. The van der Waals surface area contributed by atoms with Gasteiger partial charge in [0, 0.05) is 5.92 Å². The topological polar surface area (TPSA) is 124 Å². The van der Waals surface area contributed by atoms with Gasteiger partial charge in [-0.15, -0.1) is 0 Å². The molecule has 8 heteroatoms. The summed E-state index contributed by atoms with van der Waals surface area (Å²) >= 11 is 0. The highest BCUT2D eigenvalue weighted by molar-refractivity contribution is 5.95. The number of nitriles is 2. The number of hydrogen-bond acceptors (Lipinski definition) is 7. The Morgan fingerprint density at radius 1 is 1.24 bits per heavy atom. The zero-order valence-electron chi connectivity index (χ0n) is 13.4. The lowest BCUT2D eigenvalue weighted by molar-refractivity contribution is -0.677. The normalized spacial score (nSPS) is 42.6. The lowest BCUT2D eigenvalue weighted by Crippen LogP contribution is -2.90. The SMILES string of the molecule is C[C@@H]1CO[C@]2([NH+]=C(N)[C@@]3(C#N)[C@@H](c4ccc5c(c4)OCO5)[C@@]23C#N)O1. The molecule has 0 radical (unpaired) electrons. The van der Waals surface area contributed by atoms with E-state index in [0.717, 1.165) is 5.56 Å². The molecule has 0 bridgehead atoms. The van der Waals surface area contributed by atoms with Gasteiger partial charge in [0.15, 0.2) is 22.3 Å². The molecule has 3 heterocycles. The van der Waals surface area contributed by atoms with Crippen LogP contribution in [0.2, 0.25) is 0 Å². The number of hydrogen-bond donors (Lipinski definition) is 2. The molecule has 1 aromatic carbocycles. The second-order valence-corrected chi connectivity index (χ2v) is 6.78. The predicted molar refractivity (Wildman–Crippen MR) is 80.8 cm³/mol. The molecule has 4 aliphatic rings. The van der Waals surface area contributed by atoms with Crippen LogP contribution in [0.1, 0.15) is 18.4 Å². The van der Waals surface area contributed by atoms with Crippen LogP contribution in [0.3, 0.4) is 0 Å². The zero-order valence-corrected chi connectivity index (χ0v) is 13.4. The molecule has 3 aliphatic heterocycles. The molecule has 3 N–H and O–H groups in total. The van der Waals surface area contributed by atoms with Gasteiger partial charge < -0.3 is 18.9 Å². The summed E-state index contributed by atoms with van der Waals surface area (Å²) in [5.41, 5.74) is 4.46. The van der Waals surface area contributed by atoms with Crippen LogP contribution in [0.25, 0.3) is 0 Å². The Balaban J connectivity index is 1.68. The molecule has 1 saturated carbocycles. The van der Waals surface area contributed by atoms with Crippen molar-refractivity contribution in [1.29, 1.82) is 10.5 Å². The van der Waals surface area contributed by atoms with Gasteiger partial charge in [0.05, 0.1) is 24.8 Å². The Labute approximate surface area is 143 Å². The van der Waals surface area contributed by atoms with Crippen LogP contribution >= 0.6 is 0 Å². The monoisotopic (exact) mass is 339 g/mol. The molecule has 5 rings (SSSR count). The van der Waals surface area contributed by atoms with E-state index in [0.29, 0.717) is 18.1 Å². The highest BCUT2D eigenvalue weighted by atomic mass is 16.8. The van der Waals surface area contributed by atoms with E-state index in [4.69, 9.17) is 24.7 Å². The average Bonchev–Trinajstić information content (AvgIpc) is 2.90. The maximum atomic E-state index is 10.1. The zero-order chi connectivity index (χ0) is 17.4. The van der Waals surface area contributed by atoms with E-state index in [1.165, 1.54) is 0 Å². The van der Waals surface area contributed by atoms with Gasteiger partial charge in [-0.25, -0.2) is 4.99 Å². The quantitative estimate of drug-likeness (QED) is 0.677. The summed E-state index contributed by atoms with van der Waals surface area (Å²) in [5.74, 6) is -0.476. The van der Waals surface area contributed by atoms with Crippen molar-refractivity contribution in [2.24, 2.45) is 16.6 Å². The van der Waals surface area contributed by atoms with Gasteiger partial charge in [-0.3, -0.25) is 5.73 Å². The molecule has 0 amide bonds. The van der Waals surface area contributed by atoms with Crippen molar-refractivity contribution >= 4 is 5.84 Å². The number of benzene rings is 1. The third-order valence-corrected chi connectivity index (χ3v) is 5.62. The number of nitrogens with one attached hydrogen (secondary N) is 1. The van der Waals surface area contributed by atoms with Crippen molar-refractivity contribution in [2.75, 3.05) is 13.4 Å². The number of ether oxygens (including phenoxy) is 4. The van der Waals surface area contributed by atoms with Crippen molar-refractivity contribution in [3.8, 4) is 23.6 Å². The molecule has 1 spiro atoms. The molecule has 8 nitrogen and oxygen atoms in total. The van der Waals surface area contributed by atoms with Crippen molar-refractivity contribution < 1.29 is 23.9 Å². The largest absolute Gasteiger partial charge is 0.454 e. The number of amidine groups is 1. The fraction of sp³-hybridized carbons (Fsp3) is 0.471. The van der Waals surface area contributed by atoms with Crippen molar-refractivity contribution in [1.82, 2.24) is 0 Å². The molecule has 5 atom stereocenters. The first-order chi connectivity index (χ1) is 12.0. The molecular weight excluding hydrogens is 324 g/mol. The van der Waals surface area contributed by atoms with Crippen molar-refractivity contribution in [3.63, 3.8) is 0 Å². The van der Waals surface area contributed by atoms with Gasteiger partial charge in [0.2, 0.25) is 6.79 Å². The van der Waals surface area contributed by atoms with E-state index in [2.05, 4.69) is 17.1 Å². The Morgan fingerprint density at radius 2 is 2.04 bits per heavy atom. The summed E-state index contributed by atoms with van der Waals surface area (Å²) in [6.07, 6.45) is -0.210. The van der Waals surface area contributed by atoms with E-state index >= 15 is 0 Å². The molecule has 1 saturated heterocycles. The minimum absolute atomic E-state index is 0.153. The van der Waals surface area contributed by atoms with Gasteiger partial charge in [0.1, 0.15) is 0 Å². The van der Waals surface area contributed by atoms with Gasteiger partial charge in [-0.1, -0.05) is 6.07 Å². The third kappa shape index (κ3) is 1.34. The number of rotatable bonds is 1. The Bertz CT molecular complexity index is 918. The summed E-state index contributed by atoms with van der Waals surface area (Å²) in [4.78, 5) is 2.94. The Morgan fingerprint density at radius 3 is 2.72 bits per heavy atom. The van der Waals surface area contributed by atoms with Crippen LogP contribution in [0.5, 0.6) is 11.5 Å². The van der Waals surface area contributed by atoms with Gasteiger partial charge in [-0.05, 0) is 24.6 Å². The lowest BCUT2D eigenvalue weighted by atomic mass is 9.94. The number of fused-ring (bicyclic) bond motifs is 3. The fourth-order valence-corrected chi connectivity index (χ4v) is 4.56. The van der Waals surface area contributed by atoms with Crippen LogP contribution in [0.4, 0.5) is 0 Å². The smallest absolute Gasteiger partial charge is 0.343 e. The highest BCUT2D eigenvalue weighted by Crippen LogP contribution is 2.79.